The lowest BCUT2D eigenvalue weighted by Gasteiger charge is -2.44. The zero-order chi connectivity index (χ0) is 14.0. The molecular formula is C12H30N3OP. The minimum Gasteiger partial charge on any atom is -0.271 e. The van der Waals surface area contributed by atoms with Crippen LogP contribution in [0.1, 0.15) is 55.4 Å². The summed E-state index contributed by atoms with van der Waals surface area (Å²) in [6.45, 7) is 16.3. The quantitative estimate of drug-likeness (QED) is 0.747. The average Bonchev–Trinajstić information content (AvgIpc) is 1.96. The van der Waals surface area contributed by atoms with Gasteiger partial charge in [0.2, 0.25) is 0 Å². The van der Waals surface area contributed by atoms with Crippen LogP contribution in [0, 0.1) is 0 Å². The molecule has 0 heterocycles. The highest BCUT2D eigenvalue weighted by Gasteiger charge is 2.39. The van der Waals surface area contributed by atoms with E-state index in [9.17, 15) is 4.57 Å². The Morgan fingerprint density at radius 3 is 1.00 bits per heavy atom. The fourth-order valence-corrected chi connectivity index (χ4v) is 5.52. The second-order valence-electron chi connectivity index (χ2n) is 5.72. The van der Waals surface area contributed by atoms with Crippen molar-refractivity contribution in [3.63, 3.8) is 0 Å². The molecule has 0 saturated heterocycles. The largest absolute Gasteiger partial charge is 0.282 e. The molecule has 0 amide bonds. The van der Waals surface area contributed by atoms with Gasteiger partial charge in [0, 0.05) is 24.2 Å². The first-order valence-electron chi connectivity index (χ1n) is 6.49. The van der Waals surface area contributed by atoms with E-state index in [0.29, 0.717) is 0 Å². The third kappa shape index (κ3) is 4.06. The van der Waals surface area contributed by atoms with Crippen molar-refractivity contribution < 1.29 is 4.57 Å². The molecule has 0 aromatic carbocycles. The maximum absolute atomic E-state index is 13.0. The number of rotatable bonds is 6. The number of hydrogen-bond donors (Lipinski definition) is 1. The van der Waals surface area contributed by atoms with Gasteiger partial charge in [0.1, 0.15) is 0 Å². The molecule has 2 N–H and O–H groups in total. The van der Waals surface area contributed by atoms with Gasteiger partial charge in [0.25, 0.3) is 7.59 Å². The fraction of sp³-hybridized carbons (Fsp3) is 1.00. The zero-order valence-corrected chi connectivity index (χ0v) is 13.5. The van der Waals surface area contributed by atoms with Gasteiger partial charge in [-0.3, -0.25) is 10.1 Å². The average molecular weight is 263 g/mol. The first-order chi connectivity index (χ1) is 7.53. The Morgan fingerprint density at radius 1 is 0.706 bits per heavy atom. The molecule has 0 saturated carbocycles. The molecule has 104 valence electrons. The van der Waals surface area contributed by atoms with Crippen LogP contribution in [0.2, 0.25) is 0 Å². The molecule has 0 rings (SSSR count). The van der Waals surface area contributed by atoms with E-state index in [1.165, 1.54) is 0 Å². The molecule has 0 radical (unpaired) electrons. The van der Waals surface area contributed by atoms with E-state index >= 15 is 0 Å². The molecule has 0 aliphatic heterocycles. The minimum atomic E-state index is -2.97. The highest BCUT2D eigenvalue weighted by Crippen LogP contribution is 2.50. The second-order valence-corrected chi connectivity index (χ2v) is 7.83. The van der Waals surface area contributed by atoms with Crippen LogP contribution in [0.5, 0.6) is 0 Å². The lowest BCUT2D eigenvalue weighted by Crippen LogP contribution is -2.47. The smallest absolute Gasteiger partial charge is 0.271 e. The van der Waals surface area contributed by atoms with Crippen molar-refractivity contribution in [3.05, 3.63) is 0 Å². The molecule has 0 aromatic heterocycles. The van der Waals surface area contributed by atoms with Crippen molar-refractivity contribution in [1.29, 1.82) is 0 Å². The zero-order valence-electron chi connectivity index (χ0n) is 12.6. The molecule has 0 spiro atoms. The summed E-state index contributed by atoms with van der Waals surface area (Å²) in [5, 5.41) is 0. The van der Waals surface area contributed by atoms with E-state index in [2.05, 4.69) is 0 Å². The van der Waals surface area contributed by atoms with E-state index in [-0.39, 0.29) is 24.2 Å². The summed E-state index contributed by atoms with van der Waals surface area (Å²) in [6, 6.07) is 0.688. The predicted octanol–water partition coefficient (Wildman–Crippen LogP) is 3.29. The third-order valence-corrected chi connectivity index (χ3v) is 5.95. The molecule has 4 nitrogen and oxygen atoms in total. The van der Waals surface area contributed by atoms with Crippen LogP contribution in [0.3, 0.4) is 0 Å². The fourth-order valence-electron chi connectivity index (χ4n) is 2.64. The maximum Gasteiger partial charge on any atom is 0.282 e. The molecule has 0 unspecified atom stereocenters. The van der Waals surface area contributed by atoms with Crippen molar-refractivity contribution in [1.82, 2.24) is 9.34 Å². The molecule has 0 atom stereocenters. The van der Waals surface area contributed by atoms with Crippen molar-refractivity contribution in [2.75, 3.05) is 0 Å². The van der Waals surface area contributed by atoms with E-state index in [1.807, 2.05) is 64.7 Å². The van der Waals surface area contributed by atoms with Crippen molar-refractivity contribution in [2.24, 2.45) is 5.50 Å². The van der Waals surface area contributed by atoms with Gasteiger partial charge in [0.15, 0.2) is 0 Å². The van der Waals surface area contributed by atoms with Gasteiger partial charge in [-0.05, 0) is 55.4 Å². The van der Waals surface area contributed by atoms with Crippen LogP contribution in [-0.4, -0.2) is 33.5 Å². The predicted molar refractivity (Wildman–Crippen MR) is 76.0 cm³/mol. The molecule has 0 fully saturated rings. The van der Waals surface area contributed by atoms with E-state index in [4.69, 9.17) is 5.50 Å². The highest BCUT2D eigenvalue weighted by atomic mass is 31.2. The molecule has 5 heteroatoms. The van der Waals surface area contributed by atoms with E-state index in [1.54, 1.807) is 0 Å². The van der Waals surface area contributed by atoms with E-state index in [0.717, 1.165) is 0 Å². The van der Waals surface area contributed by atoms with Gasteiger partial charge < -0.3 is 0 Å². The van der Waals surface area contributed by atoms with Crippen LogP contribution in [-0.2, 0) is 4.57 Å². The van der Waals surface area contributed by atoms with Crippen molar-refractivity contribution >= 4 is 7.59 Å². The number of nitrogens with two attached hydrogens (primary N) is 1. The van der Waals surface area contributed by atoms with E-state index < -0.39 is 7.59 Å². The Balaban J connectivity index is 5.38. The van der Waals surface area contributed by atoms with Crippen LogP contribution in [0.25, 0.3) is 0 Å². The first kappa shape index (κ1) is 17.1. The van der Waals surface area contributed by atoms with Crippen LogP contribution < -0.4 is 5.50 Å². The summed E-state index contributed by atoms with van der Waals surface area (Å²) >= 11 is 0. The molecule has 0 bridgehead atoms. The van der Waals surface area contributed by atoms with Gasteiger partial charge in [-0.25, -0.2) is 9.34 Å². The minimum absolute atomic E-state index is 0.172. The molecule has 0 aliphatic carbocycles. The number of hydrogen-bond acceptors (Lipinski definition) is 1. The Kier molecular flexibility index (Phi) is 6.37. The highest BCUT2D eigenvalue weighted by molar-refractivity contribution is 7.56. The Labute approximate surface area is 107 Å². The molecule has 0 aromatic rings. The lowest BCUT2D eigenvalue weighted by atomic mass is 10.3. The van der Waals surface area contributed by atoms with Crippen LogP contribution in [0.4, 0.5) is 0 Å². The SMILES string of the molecule is CC(C)N(C(C)C)P(N)(=O)N(C(C)C)C(C)C. The summed E-state index contributed by atoms with van der Waals surface area (Å²) in [4.78, 5) is 0. The topological polar surface area (TPSA) is 49.6 Å². The molecule has 0 aliphatic rings. The lowest BCUT2D eigenvalue weighted by molar-refractivity contribution is 0.225. The summed E-state index contributed by atoms with van der Waals surface area (Å²) in [6.07, 6.45) is 0. The van der Waals surface area contributed by atoms with Gasteiger partial charge in [-0.2, -0.15) is 0 Å². The normalized spacial score (nSPS) is 14.1. The van der Waals surface area contributed by atoms with Gasteiger partial charge >= 0.3 is 0 Å². The Morgan fingerprint density at radius 2 is 0.882 bits per heavy atom. The third-order valence-electron chi connectivity index (χ3n) is 2.78. The van der Waals surface area contributed by atoms with Gasteiger partial charge in [-0.15, -0.1) is 0 Å². The summed E-state index contributed by atoms with van der Waals surface area (Å²) in [7, 11) is -2.97. The second kappa shape index (κ2) is 6.33. The monoisotopic (exact) mass is 263 g/mol. The molecule has 17 heavy (non-hydrogen) atoms. The standard InChI is InChI=1S/C12H30N3OP/c1-9(2)14(10(3)4)17(13,16)15(11(5)6)12(7)8/h9-12H,1-8H3,(H2,13,16). The van der Waals surface area contributed by atoms with Crippen molar-refractivity contribution in [2.45, 2.75) is 79.6 Å². The number of nitrogens with zero attached hydrogens (tertiary/aromatic N) is 2. The molecular weight excluding hydrogens is 233 g/mol. The van der Waals surface area contributed by atoms with Gasteiger partial charge in [-0.1, -0.05) is 0 Å². The first-order valence-corrected chi connectivity index (χ1v) is 8.17. The van der Waals surface area contributed by atoms with Crippen LogP contribution >= 0.6 is 7.59 Å². The Hall–Kier alpha value is 0.110. The maximum atomic E-state index is 13.0. The summed E-state index contributed by atoms with van der Waals surface area (Å²) in [5.41, 5.74) is 6.22. The summed E-state index contributed by atoms with van der Waals surface area (Å²) in [5.74, 6) is 0. The Bertz CT molecular complexity index is 237. The van der Waals surface area contributed by atoms with Crippen molar-refractivity contribution in [3.8, 4) is 0 Å². The van der Waals surface area contributed by atoms with Crippen LogP contribution in [0.15, 0.2) is 0 Å². The summed E-state index contributed by atoms with van der Waals surface area (Å²) < 4.78 is 16.9. The van der Waals surface area contributed by atoms with Gasteiger partial charge in [0.05, 0.1) is 0 Å².